The van der Waals surface area contributed by atoms with Crippen LogP contribution in [0.2, 0.25) is 5.02 Å². The van der Waals surface area contributed by atoms with E-state index in [0.717, 1.165) is 12.0 Å². The summed E-state index contributed by atoms with van der Waals surface area (Å²) in [4.78, 5) is 0. The van der Waals surface area contributed by atoms with E-state index in [0.29, 0.717) is 11.8 Å². The molecule has 1 saturated carbocycles. The molecule has 1 aromatic carbocycles. The number of rotatable bonds is 2. The van der Waals surface area contributed by atoms with Crippen molar-refractivity contribution < 1.29 is 4.39 Å². The van der Waals surface area contributed by atoms with Crippen molar-refractivity contribution in [3.63, 3.8) is 0 Å². The monoisotopic (exact) mass is 227 g/mol. The van der Waals surface area contributed by atoms with Crippen LogP contribution >= 0.6 is 11.6 Å². The maximum Gasteiger partial charge on any atom is 0.142 e. The molecule has 0 saturated heterocycles. The molecule has 15 heavy (non-hydrogen) atoms. The van der Waals surface area contributed by atoms with Gasteiger partial charge in [0.15, 0.2) is 0 Å². The van der Waals surface area contributed by atoms with Crippen molar-refractivity contribution in [2.45, 2.75) is 25.8 Å². The van der Waals surface area contributed by atoms with Gasteiger partial charge in [-0.3, -0.25) is 0 Å². The van der Waals surface area contributed by atoms with Gasteiger partial charge >= 0.3 is 0 Å². The summed E-state index contributed by atoms with van der Waals surface area (Å²) in [5.74, 6) is 0.611. The summed E-state index contributed by atoms with van der Waals surface area (Å²) < 4.78 is 13.3. The Hall–Kier alpha value is -0.600. The SMILES string of the molecule is CC(C)C1CC1(N)c1ccc(Cl)c(F)c1. The maximum absolute atomic E-state index is 13.3. The summed E-state index contributed by atoms with van der Waals surface area (Å²) in [6.07, 6.45) is 0.936. The van der Waals surface area contributed by atoms with Gasteiger partial charge in [0.2, 0.25) is 0 Å². The molecule has 0 bridgehead atoms. The van der Waals surface area contributed by atoms with Gasteiger partial charge in [-0.05, 0) is 36.0 Å². The second-order valence-electron chi connectivity index (χ2n) is 4.72. The summed E-state index contributed by atoms with van der Waals surface area (Å²) in [7, 11) is 0. The Balaban J connectivity index is 2.28. The first kappa shape index (κ1) is 10.9. The lowest BCUT2D eigenvalue weighted by atomic mass is 9.98. The topological polar surface area (TPSA) is 26.0 Å². The van der Waals surface area contributed by atoms with Crippen LogP contribution in [0.15, 0.2) is 18.2 Å². The van der Waals surface area contributed by atoms with E-state index in [1.807, 2.05) is 6.07 Å². The van der Waals surface area contributed by atoms with E-state index in [9.17, 15) is 4.39 Å². The zero-order valence-electron chi connectivity index (χ0n) is 8.93. The van der Waals surface area contributed by atoms with Gasteiger partial charge in [0, 0.05) is 5.54 Å². The number of hydrogen-bond donors (Lipinski definition) is 1. The molecular formula is C12H15ClFN. The minimum atomic E-state index is -0.381. The highest BCUT2D eigenvalue weighted by molar-refractivity contribution is 6.30. The summed E-state index contributed by atoms with van der Waals surface area (Å²) >= 11 is 5.63. The van der Waals surface area contributed by atoms with E-state index in [2.05, 4.69) is 13.8 Å². The largest absolute Gasteiger partial charge is 0.321 e. The highest BCUT2D eigenvalue weighted by Gasteiger charge is 2.53. The van der Waals surface area contributed by atoms with Gasteiger partial charge in [-0.2, -0.15) is 0 Å². The first-order valence-electron chi connectivity index (χ1n) is 5.19. The average Bonchev–Trinajstić information content (AvgIpc) is 2.84. The first-order valence-corrected chi connectivity index (χ1v) is 5.57. The molecule has 0 amide bonds. The molecule has 0 aromatic heterocycles. The Morgan fingerprint density at radius 1 is 1.53 bits per heavy atom. The fourth-order valence-electron chi connectivity index (χ4n) is 2.25. The first-order chi connectivity index (χ1) is 6.95. The third-order valence-corrected chi connectivity index (χ3v) is 3.63. The standard InChI is InChI=1S/C12H15ClFN/c1-7(2)9-6-12(9,15)8-3-4-10(13)11(14)5-8/h3-5,7,9H,6,15H2,1-2H3. The van der Waals surface area contributed by atoms with Gasteiger partial charge in [0.25, 0.3) is 0 Å². The van der Waals surface area contributed by atoms with Crippen LogP contribution in [0.5, 0.6) is 0 Å². The number of nitrogens with two attached hydrogens (primary N) is 1. The zero-order chi connectivity index (χ0) is 11.2. The van der Waals surface area contributed by atoms with E-state index >= 15 is 0 Å². The van der Waals surface area contributed by atoms with E-state index < -0.39 is 0 Å². The van der Waals surface area contributed by atoms with Crippen molar-refractivity contribution in [2.75, 3.05) is 0 Å². The highest BCUT2D eigenvalue weighted by Crippen LogP contribution is 2.53. The molecule has 2 N–H and O–H groups in total. The predicted molar refractivity (Wildman–Crippen MR) is 60.2 cm³/mol. The molecule has 1 aliphatic carbocycles. The fourth-order valence-corrected chi connectivity index (χ4v) is 2.37. The van der Waals surface area contributed by atoms with Gasteiger partial charge in [-0.1, -0.05) is 31.5 Å². The summed E-state index contributed by atoms with van der Waals surface area (Å²) in [6.45, 7) is 4.29. The van der Waals surface area contributed by atoms with E-state index in [1.165, 1.54) is 6.07 Å². The minimum Gasteiger partial charge on any atom is -0.321 e. The second-order valence-corrected chi connectivity index (χ2v) is 5.13. The van der Waals surface area contributed by atoms with Crippen molar-refractivity contribution in [3.8, 4) is 0 Å². The molecule has 2 atom stereocenters. The molecule has 2 unspecified atom stereocenters. The molecule has 3 heteroatoms. The van der Waals surface area contributed by atoms with Crippen LogP contribution in [0, 0.1) is 17.7 Å². The highest BCUT2D eigenvalue weighted by atomic mass is 35.5. The molecule has 1 nitrogen and oxygen atoms in total. The van der Waals surface area contributed by atoms with Crippen molar-refractivity contribution >= 4 is 11.6 Å². The molecule has 1 fully saturated rings. The van der Waals surface area contributed by atoms with Crippen molar-refractivity contribution in [1.82, 2.24) is 0 Å². The van der Waals surface area contributed by atoms with Gasteiger partial charge < -0.3 is 5.73 Å². The van der Waals surface area contributed by atoms with Crippen LogP contribution in [0.3, 0.4) is 0 Å². The van der Waals surface area contributed by atoms with Crippen LogP contribution in [0.4, 0.5) is 4.39 Å². The number of benzene rings is 1. The lowest BCUT2D eigenvalue weighted by Crippen LogP contribution is -2.24. The molecule has 0 radical (unpaired) electrons. The van der Waals surface area contributed by atoms with E-state index in [-0.39, 0.29) is 16.4 Å². The summed E-state index contributed by atoms with van der Waals surface area (Å²) in [5, 5.41) is 0.157. The molecular weight excluding hydrogens is 213 g/mol. The van der Waals surface area contributed by atoms with Crippen LogP contribution in [0.1, 0.15) is 25.8 Å². The molecule has 0 aliphatic heterocycles. The number of hydrogen-bond acceptors (Lipinski definition) is 1. The van der Waals surface area contributed by atoms with Crippen molar-refractivity contribution in [2.24, 2.45) is 17.6 Å². The van der Waals surface area contributed by atoms with Crippen molar-refractivity contribution in [1.29, 1.82) is 0 Å². The van der Waals surface area contributed by atoms with Crippen LogP contribution in [-0.2, 0) is 5.54 Å². The zero-order valence-corrected chi connectivity index (χ0v) is 9.68. The van der Waals surface area contributed by atoms with Gasteiger partial charge in [0.05, 0.1) is 5.02 Å². The molecule has 0 heterocycles. The summed E-state index contributed by atoms with van der Waals surface area (Å²) in [5.41, 5.74) is 6.75. The lowest BCUT2D eigenvalue weighted by Gasteiger charge is -2.14. The Bertz CT molecular complexity index is 391. The Morgan fingerprint density at radius 3 is 2.67 bits per heavy atom. The van der Waals surface area contributed by atoms with Gasteiger partial charge in [-0.25, -0.2) is 4.39 Å². The Labute approximate surface area is 94.4 Å². The molecule has 1 aliphatic rings. The van der Waals surface area contributed by atoms with E-state index in [1.54, 1.807) is 6.07 Å². The minimum absolute atomic E-state index is 0.157. The average molecular weight is 228 g/mol. The van der Waals surface area contributed by atoms with Crippen LogP contribution < -0.4 is 5.73 Å². The molecule has 1 aromatic rings. The third-order valence-electron chi connectivity index (χ3n) is 3.32. The quantitative estimate of drug-likeness (QED) is 0.824. The lowest BCUT2D eigenvalue weighted by molar-refractivity contribution is 0.486. The predicted octanol–water partition coefficient (Wildman–Crippen LogP) is 3.31. The number of halogens is 2. The van der Waals surface area contributed by atoms with Gasteiger partial charge in [-0.15, -0.1) is 0 Å². The summed E-state index contributed by atoms with van der Waals surface area (Å²) in [6, 6.07) is 4.87. The third kappa shape index (κ3) is 1.77. The smallest absolute Gasteiger partial charge is 0.142 e. The van der Waals surface area contributed by atoms with Crippen molar-refractivity contribution in [3.05, 3.63) is 34.6 Å². The Morgan fingerprint density at radius 2 is 2.20 bits per heavy atom. The Kier molecular flexibility index (Phi) is 2.52. The van der Waals surface area contributed by atoms with Gasteiger partial charge in [0.1, 0.15) is 5.82 Å². The maximum atomic E-state index is 13.3. The fraction of sp³-hybridized carbons (Fsp3) is 0.500. The second kappa shape index (κ2) is 3.46. The van der Waals surface area contributed by atoms with Crippen LogP contribution in [0.25, 0.3) is 0 Å². The van der Waals surface area contributed by atoms with Crippen LogP contribution in [-0.4, -0.2) is 0 Å². The normalized spacial score (nSPS) is 29.6. The molecule has 2 rings (SSSR count). The molecule has 0 spiro atoms. The molecule has 82 valence electrons. The van der Waals surface area contributed by atoms with E-state index in [4.69, 9.17) is 17.3 Å².